The van der Waals surface area contributed by atoms with E-state index in [1.807, 2.05) is 0 Å². The van der Waals surface area contributed by atoms with Gasteiger partial charge in [0.2, 0.25) is 0 Å². The molecule has 0 spiro atoms. The Kier molecular flexibility index (Phi) is 5.48. The summed E-state index contributed by atoms with van der Waals surface area (Å²) in [6, 6.07) is 9.36. The van der Waals surface area contributed by atoms with Crippen LogP contribution >= 0.6 is 23.2 Å². The molecule has 0 saturated heterocycles. The van der Waals surface area contributed by atoms with Gasteiger partial charge in [-0.15, -0.1) is 0 Å². The van der Waals surface area contributed by atoms with E-state index in [9.17, 15) is 9.18 Å². The number of carboxylic acid groups (broad SMARTS) is 1. The zero-order valence-corrected chi connectivity index (χ0v) is 15.5. The van der Waals surface area contributed by atoms with Crippen molar-refractivity contribution in [2.45, 2.75) is 0 Å². The number of hydrogen-bond donors (Lipinski definition) is 1. The lowest BCUT2D eigenvalue weighted by atomic mass is 10.1. The van der Waals surface area contributed by atoms with E-state index in [1.165, 1.54) is 30.0 Å². The summed E-state index contributed by atoms with van der Waals surface area (Å²) in [5.41, 5.74) is 1.98. The van der Waals surface area contributed by atoms with Crippen molar-refractivity contribution in [3.05, 3.63) is 70.1 Å². The fourth-order valence-corrected chi connectivity index (χ4v) is 2.84. The molecule has 3 rings (SSSR count). The van der Waals surface area contributed by atoms with Crippen molar-refractivity contribution in [2.75, 3.05) is 7.11 Å². The average molecular weight is 407 g/mol. The predicted molar refractivity (Wildman–Crippen MR) is 102 cm³/mol. The van der Waals surface area contributed by atoms with Crippen molar-refractivity contribution in [3.8, 4) is 22.7 Å². The molecule has 0 unspecified atom stereocenters. The zero-order valence-electron chi connectivity index (χ0n) is 14.0. The molecular formula is C19H13Cl2FN2O3. The number of ether oxygens (including phenoxy) is 1. The first kappa shape index (κ1) is 18.9. The van der Waals surface area contributed by atoms with Crippen molar-refractivity contribution in [1.82, 2.24) is 9.78 Å². The van der Waals surface area contributed by atoms with E-state index in [2.05, 4.69) is 5.10 Å². The quantitative estimate of drug-likeness (QED) is 0.599. The second-order valence-electron chi connectivity index (χ2n) is 5.50. The van der Waals surface area contributed by atoms with Gasteiger partial charge in [0.05, 0.1) is 22.8 Å². The van der Waals surface area contributed by atoms with Crippen LogP contribution < -0.4 is 4.74 Å². The Labute approximate surface area is 164 Å². The molecule has 27 heavy (non-hydrogen) atoms. The van der Waals surface area contributed by atoms with E-state index in [1.54, 1.807) is 30.5 Å². The SMILES string of the molecule is COc1ccc(-n2cc(/C=C/C(=O)O)c(-c3ccc(Cl)c(F)c3)n2)cc1Cl. The number of aliphatic carboxylic acids is 1. The first-order valence-corrected chi connectivity index (χ1v) is 8.44. The van der Waals surface area contributed by atoms with E-state index < -0.39 is 11.8 Å². The summed E-state index contributed by atoms with van der Waals surface area (Å²) in [5, 5.41) is 13.8. The van der Waals surface area contributed by atoms with Gasteiger partial charge in [0.15, 0.2) is 0 Å². The number of hydrogen-bond acceptors (Lipinski definition) is 3. The number of aromatic nitrogens is 2. The third kappa shape index (κ3) is 4.13. The molecule has 0 atom stereocenters. The molecule has 2 aromatic carbocycles. The molecule has 0 saturated carbocycles. The van der Waals surface area contributed by atoms with E-state index in [0.29, 0.717) is 33.3 Å². The largest absolute Gasteiger partial charge is 0.495 e. The number of nitrogens with zero attached hydrogens (tertiary/aromatic N) is 2. The maximum Gasteiger partial charge on any atom is 0.328 e. The van der Waals surface area contributed by atoms with Crippen LogP contribution in [0.25, 0.3) is 23.0 Å². The Morgan fingerprint density at radius 3 is 2.63 bits per heavy atom. The molecule has 3 aromatic rings. The van der Waals surface area contributed by atoms with Crippen molar-refractivity contribution in [3.63, 3.8) is 0 Å². The maximum atomic E-state index is 13.9. The summed E-state index contributed by atoms with van der Waals surface area (Å²) in [7, 11) is 1.51. The summed E-state index contributed by atoms with van der Waals surface area (Å²) in [4.78, 5) is 10.9. The molecule has 0 bridgehead atoms. The van der Waals surface area contributed by atoms with E-state index in [-0.39, 0.29) is 5.02 Å². The molecule has 1 N–H and O–H groups in total. The topological polar surface area (TPSA) is 64.3 Å². The predicted octanol–water partition coefficient (Wildman–Crippen LogP) is 5.09. The Balaban J connectivity index is 2.13. The second kappa shape index (κ2) is 7.82. The van der Waals surface area contributed by atoms with Crippen molar-refractivity contribution >= 4 is 35.2 Å². The summed E-state index contributed by atoms with van der Waals surface area (Å²) < 4.78 is 20.5. The van der Waals surface area contributed by atoms with Crippen LogP contribution in [0.5, 0.6) is 5.75 Å². The fourth-order valence-electron chi connectivity index (χ4n) is 2.47. The van der Waals surface area contributed by atoms with Gasteiger partial charge in [-0.05, 0) is 36.4 Å². The molecule has 0 aliphatic carbocycles. The van der Waals surface area contributed by atoms with Crippen molar-refractivity contribution < 1.29 is 19.0 Å². The van der Waals surface area contributed by atoms with Crippen LogP contribution in [0.1, 0.15) is 5.56 Å². The molecule has 0 radical (unpaired) electrons. The van der Waals surface area contributed by atoms with Gasteiger partial charge in [0, 0.05) is 23.4 Å². The minimum absolute atomic E-state index is 0.0113. The van der Waals surface area contributed by atoms with Crippen molar-refractivity contribution in [1.29, 1.82) is 0 Å². The van der Waals surface area contributed by atoms with Gasteiger partial charge in [0.25, 0.3) is 0 Å². The minimum Gasteiger partial charge on any atom is -0.495 e. The van der Waals surface area contributed by atoms with Gasteiger partial charge in [-0.1, -0.05) is 29.3 Å². The number of halogens is 3. The molecule has 0 fully saturated rings. The van der Waals surface area contributed by atoms with E-state index >= 15 is 0 Å². The molecule has 138 valence electrons. The van der Waals surface area contributed by atoms with Crippen LogP contribution in [-0.2, 0) is 4.79 Å². The van der Waals surface area contributed by atoms with Gasteiger partial charge >= 0.3 is 5.97 Å². The molecule has 1 aromatic heterocycles. The van der Waals surface area contributed by atoms with Crippen LogP contribution in [0.2, 0.25) is 10.0 Å². The first-order valence-electron chi connectivity index (χ1n) is 7.69. The smallest absolute Gasteiger partial charge is 0.328 e. The Morgan fingerprint density at radius 2 is 2.00 bits per heavy atom. The minimum atomic E-state index is -1.11. The third-order valence-corrected chi connectivity index (χ3v) is 4.34. The zero-order chi connectivity index (χ0) is 19.6. The maximum absolute atomic E-state index is 13.9. The van der Waals surface area contributed by atoms with Crippen LogP contribution in [0.4, 0.5) is 4.39 Å². The normalized spacial score (nSPS) is 11.1. The highest BCUT2D eigenvalue weighted by molar-refractivity contribution is 6.32. The van der Waals surface area contributed by atoms with E-state index in [4.69, 9.17) is 33.0 Å². The van der Waals surface area contributed by atoms with Gasteiger partial charge in [0.1, 0.15) is 17.3 Å². The number of carboxylic acids is 1. The Morgan fingerprint density at radius 1 is 1.22 bits per heavy atom. The van der Waals surface area contributed by atoms with Gasteiger partial charge in [-0.25, -0.2) is 13.9 Å². The summed E-state index contributed by atoms with van der Waals surface area (Å²) >= 11 is 11.9. The van der Waals surface area contributed by atoms with Crippen LogP contribution in [-0.4, -0.2) is 28.0 Å². The average Bonchev–Trinajstić information content (AvgIpc) is 3.06. The molecular weight excluding hydrogens is 394 g/mol. The highest BCUT2D eigenvalue weighted by atomic mass is 35.5. The van der Waals surface area contributed by atoms with Crippen LogP contribution in [0, 0.1) is 5.82 Å². The lowest BCUT2D eigenvalue weighted by Crippen LogP contribution is -1.96. The summed E-state index contributed by atoms with van der Waals surface area (Å²) in [6.45, 7) is 0. The lowest BCUT2D eigenvalue weighted by molar-refractivity contribution is -0.131. The number of methoxy groups -OCH3 is 1. The van der Waals surface area contributed by atoms with Gasteiger partial charge in [-0.2, -0.15) is 5.10 Å². The summed E-state index contributed by atoms with van der Waals surface area (Å²) in [5.74, 6) is -1.19. The molecule has 5 nitrogen and oxygen atoms in total. The molecule has 0 aliphatic heterocycles. The first-order chi connectivity index (χ1) is 12.9. The molecule has 1 heterocycles. The Hall–Kier alpha value is -2.83. The highest BCUT2D eigenvalue weighted by Crippen LogP contribution is 2.30. The lowest BCUT2D eigenvalue weighted by Gasteiger charge is -2.06. The van der Waals surface area contributed by atoms with Gasteiger partial charge < -0.3 is 9.84 Å². The molecule has 0 amide bonds. The monoisotopic (exact) mass is 406 g/mol. The Bertz CT molecular complexity index is 1050. The van der Waals surface area contributed by atoms with Crippen molar-refractivity contribution in [2.24, 2.45) is 0 Å². The van der Waals surface area contributed by atoms with Crippen LogP contribution in [0.15, 0.2) is 48.7 Å². The number of benzene rings is 2. The second-order valence-corrected chi connectivity index (χ2v) is 6.31. The summed E-state index contributed by atoms with van der Waals surface area (Å²) in [6.07, 6.45) is 4.00. The third-order valence-electron chi connectivity index (χ3n) is 3.74. The fraction of sp³-hybridized carbons (Fsp3) is 0.0526. The molecule has 0 aliphatic rings. The molecule has 8 heteroatoms. The van der Waals surface area contributed by atoms with Gasteiger partial charge in [-0.3, -0.25) is 0 Å². The highest BCUT2D eigenvalue weighted by Gasteiger charge is 2.14. The van der Waals surface area contributed by atoms with E-state index in [0.717, 1.165) is 6.08 Å². The number of carbonyl (C=O) groups is 1. The number of rotatable bonds is 5. The standard InChI is InChI=1S/C19H13Cl2FN2O3/c1-27-17-6-4-13(9-15(17)21)24-10-12(3-7-18(25)26)19(23-24)11-2-5-14(20)16(22)8-11/h2-10H,1H3,(H,25,26)/b7-3+. The van der Waals surface area contributed by atoms with Crippen LogP contribution in [0.3, 0.4) is 0 Å².